The van der Waals surface area contributed by atoms with Crippen LogP contribution in [-0.2, 0) is 13.1 Å². The molecule has 1 aliphatic rings. The largest absolute Gasteiger partial charge is 0.360 e. The van der Waals surface area contributed by atoms with Gasteiger partial charge < -0.3 is 9.42 Å². The topological polar surface area (TPSA) is 72.1 Å². The summed E-state index contributed by atoms with van der Waals surface area (Å²) >= 11 is 0. The van der Waals surface area contributed by atoms with E-state index in [-0.39, 0.29) is 11.8 Å². The van der Waals surface area contributed by atoms with Gasteiger partial charge in [-0.2, -0.15) is 0 Å². The lowest BCUT2D eigenvalue weighted by Crippen LogP contribution is -2.25. The molecule has 0 radical (unpaired) electrons. The van der Waals surface area contributed by atoms with Crippen LogP contribution < -0.4 is 0 Å². The van der Waals surface area contributed by atoms with Crippen molar-refractivity contribution in [1.82, 2.24) is 20.0 Å². The normalized spacial score (nSPS) is 13.3. The standard InChI is InChI=1S/C19H18N4O2/c1-12(2)17-8-15(22-25-17)19(24)23-10-14-9-20-18(21-16(14)11-23)13-6-4-3-5-7-13/h3-9,12H,10-11H2,1-2H3. The Morgan fingerprint density at radius 2 is 2.00 bits per heavy atom. The van der Waals surface area contributed by atoms with Gasteiger partial charge in [-0.15, -0.1) is 0 Å². The molecule has 0 N–H and O–H groups in total. The number of hydrogen-bond acceptors (Lipinski definition) is 5. The van der Waals surface area contributed by atoms with Crippen LogP contribution >= 0.6 is 0 Å². The maximum absolute atomic E-state index is 12.7. The van der Waals surface area contributed by atoms with Crippen molar-refractivity contribution >= 4 is 5.91 Å². The van der Waals surface area contributed by atoms with Crippen LogP contribution in [-0.4, -0.2) is 25.9 Å². The SMILES string of the molecule is CC(C)c1cc(C(=O)N2Cc3cnc(-c4ccccc4)nc3C2)no1. The third kappa shape index (κ3) is 2.91. The molecule has 0 saturated heterocycles. The third-order valence-electron chi connectivity index (χ3n) is 4.29. The summed E-state index contributed by atoms with van der Waals surface area (Å²) in [4.78, 5) is 23.4. The number of carbonyl (C=O) groups excluding carboxylic acids is 1. The quantitative estimate of drug-likeness (QED) is 0.734. The van der Waals surface area contributed by atoms with Gasteiger partial charge in [0.15, 0.2) is 11.5 Å². The Morgan fingerprint density at radius 1 is 1.20 bits per heavy atom. The molecular formula is C19H18N4O2. The zero-order valence-corrected chi connectivity index (χ0v) is 14.1. The predicted octanol–water partition coefficient (Wildman–Crippen LogP) is 3.41. The second-order valence-corrected chi connectivity index (χ2v) is 6.46. The molecule has 1 amide bonds. The zero-order valence-electron chi connectivity index (χ0n) is 14.1. The smallest absolute Gasteiger partial charge is 0.276 e. The molecule has 126 valence electrons. The molecule has 0 fully saturated rings. The summed E-state index contributed by atoms with van der Waals surface area (Å²) in [5.41, 5.74) is 3.16. The third-order valence-corrected chi connectivity index (χ3v) is 4.29. The summed E-state index contributed by atoms with van der Waals surface area (Å²) in [5, 5.41) is 3.91. The molecular weight excluding hydrogens is 316 g/mol. The molecule has 1 aromatic carbocycles. The second kappa shape index (κ2) is 6.12. The summed E-state index contributed by atoms with van der Waals surface area (Å²) in [6.07, 6.45) is 1.81. The van der Waals surface area contributed by atoms with E-state index in [1.807, 2.05) is 44.2 Å². The van der Waals surface area contributed by atoms with Gasteiger partial charge in [-0.3, -0.25) is 4.79 Å². The van der Waals surface area contributed by atoms with Crippen LogP contribution in [0.4, 0.5) is 0 Å². The molecule has 6 heteroatoms. The van der Waals surface area contributed by atoms with Gasteiger partial charge in [-0.1, -0.05) is 49.3 Å². The van der Waals surface area contributed by atoms with Crippen molar-refractivity contribution in [3.8, 4) is 11.4 Å². The number of hydrogen-bond donors (Lipinski definition) is 0. The summed E-state index contributed by atoms with van der Waals surface area (Å²) in [6.45, 7) is 4.95. The monoisotopic (exact) mass is 334 g/mol. The highest BCUT2D eigenvalue weighted by atomic mass is 16.5. The summed E-state index contributed by atoms with van der Waals surface area (Å²) in [6, 6.07) is 11.5. The molecule has 6 nitrogen and oxygen atoms in total. The molecule has 0 unspecified atom stereocenters. The van der Waals surface area contributed by atoms with E-state index in [1.54, 1.807) is 17.2 Å². The zero-order chi connectivity index (χ0) is 17.4. The van der Waals surface area contributed by atoms with E-state index in [0.717, 1.165) is 16.8 Å². The number of fused-ring (bicyclic) bond motifs is 1. The average molecular weight is 334 g/mol. The lowest BCUT2D eigenvalue weighted by atomic mass is 10.1. The molecule has 0 saturated carbocycles. The van der Waals surface area contributed by atoms with Gasteiger partial charge in [0.2, 0.25) is 0 Å². The lowest BCUT2D eigenvalue weighted by molar-refractivity contribution is 0.0739. The van der Waals surface area contributed by atoms with Gasteiger partial charge in [0.1, 0.15) is 5.76 Å². The lowest BCUT2D eigenvalue weighted by Gasteiger charge is -2.12. The Morgan fingerprint density at radius 3 is 2.72 bits per heavy atom. The molecule has 3 heterocycles. The summed E-state index contributed by atoms with van der Waals surface area (Å²) in [7, 11) is 0. The van der Waals surface area contributed by atoms with E-state index >= 15 is 0 Å². The first kappa shape index (κ1) is 15.5. The van der Waals surface area contributed by atoms with Crippen LogP contribution in [0.2, 0.25) is 0 Å². The van der Waals surface area contributed by atoms with Crippen molar-refractivity contribution in [2.75, 3.05) is 0 Å². The number of benzene rings is 1. The number of carbonyl (C=O) groups is 1. The Balaban J connectivity index is 1.55. The number of aromatic nitrogens is 3. The molecule has 2 aromatic heterocycles. The Bertz CT molecular complexity index is 918. The molecule has 1 aliphatic heterocycles. The predicted molar refractivity (Wildman–Crippen MR) is 91.6 cm³/mol. The molecule has 0 aliphatic carbocycles. The van der Waals surface area contributed by atoms with E-state index in [2.05, 4.69) is 15.1 Å². The molecule has 3 aromatic rings. The fourth-order valence-electron chi connectivity index (χ4n) is 2.85. The van der Waals surface area contributed by atoms with Crippen molar-refractivity contribution in [3.63, 3.8) is 0 Å². The van der Waals surface area contributed by atoms with Crippen molar-refractivity contribution in [1.29, 1.82) is 0 Å². The van der Waals surface area contributed by atoms with Crippen molar-refractivity contribution in [2.45, 2.75) is 32.9 Å². The number of amides is 1. The molecule has 0 bridgehead atoms. The van der Waals surface area contributed by atoms with Gasteiger partial charge in [-0.05, 0) is 0 Å². The first-order chi connectivity index (χ1) is 12.1. The minimum atomic E-state index is -0.144. The molecule has 0 atom stereocenters. The van der Waals surface area contributed by atoms with Crippen molar-refractivity contribution < 1.29 is 9.32 Å². The van der Waals surface area contributed by atoms with E-state index < -0.39 is 0 Å². The molecule has 4 rings (SSSR count). The Kier molecular flexibility index (Phi) is 3.80. The average Bonchev–Trinajstić information content (AvgIpc) is 3.28. The minimum Gasteiger partial charge on any atom is -0.360 e. The van der Waals surface area contributed by atoms with Crippen LogP contribution in [0.3, 0.4) is 0 Å². The van der Waals surface area contributed by atoms with E-state index in [9.17, 15) is 4.79 Å². The first-order valence-electron chi connectivity index (χ1n) is 8.28. The summed E-state index contributed by atoms with van der Waals surface area (Å²) < 4.78 is 5.24. The van der Waals surface area contributed by atoms with Crippen LogP contribution in [0.15, 0.2) is 47.1 Å². The maximum atomic E-state index is 12.7. The van der Waals surface area contributed by atoms with E-state index in [4.69, 9.17) is 4.52 Å². The van der Waals surface area contributed by atoms with Gasteiger partial charge in [0.25, 0.3) is 5.91 Å². The van der Waals surface area contributed by atoms with Crippen molar-refractivity contribution in [3.05, 3.63) is 65.3 Å². The van der Waals surface area contributed by atoms with Crippen LogP contribution in [0, 0.1) is 0 Å². The van der Waals surface area contributed by atoms with Gasteiger partial charge in [0, 0.05) is 35.9 Å². The summed E-state index contributed by atoms with van der Waals surface area (Å²) in [5.74, 6) is 1.45. The maximum Gasteiger partial charge on any atom is 0.276 e. The molecule has 0 spiro atoms. The van der Waals surface area contributed by atoms with Crippen LogP contribution in [0.25, 0.3) is 11.4 Å². The number of rotatable bonds is 3. The fourth-order valence-corrected chi connectivity index (χ4v) is 2.85. The second-order valence-electron chi connectivity index (χ2n) is 6.46. The first-order valence-corrected chi connectivity index (χ1v) is 8.28. The number of nitrogens with zero attached hydrogens (tertiary/aromatic N) is 4. The Hall–Kier alpha value is -3.02. The minimum absolute atomic E-state index is 0.144. The van der Waals surface area contributed by atoms with Crippen LogP contribution in [0.1, 0.15) is 47.3 Å². The van der Waals surface area contributed by atoms with Gasteiger partial charge >= 0.3 is 0 Å². The van der Waals surface area contributed by atoms with E-state index in [1.165, 1.54) is 0 Å². The van der Waals surface area contributed by atoms with E-state index in [0.29, 0.717) is 30.4 Å². The van der Waals surface area contributed by atoms with Gasteiger partial charge in [0.05, 0.1) is 12.2 Å². The highest BCUT2D eigenvalue weighted by molar-refractivity contribution is 5.92. The highest BCUT2D eigenvalue weighted by Gasteiger charge is 2.28. The van der Waals surface area contributed by atoms with Gasteiger partial charge in [-0.25, -0.2) is 9.97 Å². The molecule has 25 heavy (non-hydrogen) atoms. The fraction of sp³-hybridized carbons (Fsp3) is 0.263. The Labute approximate surface area is 145 Å². The van der Waals surface area contributed by atoms with Crippen molar-refractivity contribution in [2.24, 2.45) is 0 Å². The highest BCUT2D eigenvalue weighted by Crippen LogP contribution is 2.25. The van der Waals surface area contributed by atoms with Crippen LogP contribution in [0.5, 0.6) is 0 Å².